The highest BCUT2D eigenvalue weighted by molar-refractivity contribution is 7.86. The van der Waals surface area contributed by atoms with Crippen molar-refractivity contribution < 1.29 is 17.6 Å². The van der Waals surface area contributed by atoms with Gasteiger partial charge in [0.05, 0.1) is 12.0 Å². The molecule has 2 heterocycles. The van der Waals surface area contributed by atoms with Gasteiger partial charge in [0.15, 0.2) is 0 Å². The van der Waals surface area contributed by atoms with Crippen molar-refractivity contribution in [3.63, 3.8) is 0 Å². The van der Waals surface area contributed by atoms with E-state index >= 15 is 0 Å². The highest BCUT2D eigenvalue weighted by atomic mass is 32.2. The van der Waals surface area contributed by atoms with E-state index in [-0.39, 0.29) is 24.4 Å². The third-order valence-corrected chi connectivity index (χ3v) is 5.46. The molecular formula is C13H21N3O4S. The Morgan fingerprint density at radius 3 is 2.52 bits per heavy atom. The first-order chi connectivity index (χ1) is 9.71. The summed E-state index contributed by atoms with van der Waals surface area (Å²) in [6.45, 7) is 3.79. The van der Waals surface area contributed by atoms with Crippen LogP contribution in [0.2, 0.25) is 0 Å². The first kappa shape index (κ1) is 16.0. The molecule has 1 aromatic heterocycles. The van der Waals surface area contributed by atoms with Crippen LogP contribution in [0.15, 0.2) is 16.5 Å². The van der Waals surface area contributed by atoms with Crippen molar-refractivity contribution in [2.75, 3.05) is 27.2 Å². The molecule has 1 fully saturated rings. The highest BCUT2D eigenvalue weighted by Crippen LogP contribution is 2.31. The number of hydrogen-bond donors (Lipinski definition) is 1. The summed E-state index contributed by atoms with van der Waals surface area (Å²) < 4.78 is 32.7. The summed E-state index contributed by atoms with van der Waals surface area (Å²) in [5, 5.41) is 2.82. The summed E-state index contributed by atoms with van der Waals surface area (Å²) >= 11 is 0. The molecule has 1 amide bonds. The number of nitrogens with zero attached hydrogens (tertiary/aromatic N) is 2. The maximum atomic E-state index is 12.3. The number of carbonyl (C=O) groups is 1. The zero-order valence-corrected chi connectivity index (χ0v) is 13.5. The maximum Gasteiger partial charge on any atom is 0.281 e. The highest BCUT2D eigenvalue weighted by Gasteiger charge is 2.42. The molecule has 2 rings (SSSR count). The Kier molecular flexibility index (Phi) is 4.40. The monoisotopic (exact) mass is 315 g/mol. The molecule has 0 bridgehead atoms. The zero-order chi connectivity index (χ0) is 15.8. The number of carbonyl (C=O) groups excluding carboxylic acids is 1. The normalized spacial score (nSPS) is 23.7. The Hall–Kier alpha value is -1.38. The number of furan rings is 1. The second kappa shape index (κ2) is 5.78. The Bertz CT molecular complexity index is 623. The first-order valence-electron chi connectivity index (χ1n) is 6.73. The molecule has 0 aromatic carbocycles. The van der Waals surface area contributed by atoms with Crippen LogP contribution in [0.4, 0.5) is 0 Å². The van der Waals surface area contributed by atoms with Crippen LogP contribution >= 0.6 is 0 Å². The molecule has 1 aliphatic heterocycles. The molecule has 1 aliphatic rings. The molecular weight excluding hydrogens is 294 g/mol. The van der Waals surface area contributed by atoms with E-state index in [0.29, 0.717) is 12.3 Å². The Balaban J connectivity index is 2.28. The number of rotatable bonds is 4. The third-order valence-electron chi connectivity index (χ3n) is 3.59. The van der Waals surface area contributed by atoms with Crippen LogP contribution in [-0.4, -0.2) is 56.2 Å². The van der Waals surface area contributed by atoms with Crippen LogP contribution in [-0.2, 0) is 15.0 Å². The van der Waals surface area contributed by atoms with Crippen molar-refractivity contribution in [2.24, 2.45) is 0 Å². The summed E-state index contributed by atoms with van der Waals surface area (Å²) in [7, 11) is -0.519. The third kappa shape index (κ3) is 3.28. The largest absolute Gasteiger partial charge is 0.466 e. The van der Waals surface area contributed by atoms with Gasteiger partial charge in [-0.15, -0.1) is 0 Å². The molecule has 7 nitrogen and oxygen atoms in total. The molecule has 8 heteroatoms. The summed E-state index contributed by atoms with van der Waals surface area (Å²) in [4.78, 5) is 11.4. The lowest BCUT2D eigenvalue weighted by Crippen LogP contribution is -2.42. The summed E-state index contributed by atoms with van der Waals surface area (Å²) in [5.41, 5.74) is 0. The van der Waals surface area contributed by atoms with Gasteiger partial charge in [-0.05, 0) is 19.1 Å². The van der Waals surface area contributed by atoms with E-state index in [4.69, 9.17) is 4.42 Å². The van der Waals surface area contributed by atoms with Gasteiger partial charge in [-0.25, -0.2) is 0 Å². The van der Waals surface area contributed by atoms with Crippen LogP contribution in [0.1, 0.15) is 24.4 Å². The van der Waals surface area contributed by atoms with Crippen LogP contribution in [0.5, 0.6) is 0 Å². The molecule has 0 aliphatic carbocycles. The molecule has 0 unspecified atom stereocenters. The molecule has 0 spiro atoms. The van der Waals surface area contributed by atoms with E-state index in [1.165, 1.54) is 29.6 Å². The standard InChI is InChI=1S/C13H21N3O4S/c1-9-5-6-13(20-9)11-7-16(21(18,19)15(3)4)8-12(11)14-10(2)17/h5-6,11-12H,7-8H2,1-4H3,(H,14,17)/t11-,12-/m1/s1. The minimum Gasteiger partial charge on any atom is -0.466 e. The fourth-order valence-electron chi connectivity index (χ4n) is 2.54. The first-order valence-corrected chi connectivity index (χ1v) is 8.12. The molecule has 1 saturated heterocycles. The van der Waals surface area contributed by atoms with E-state index in [9.17, 15) is 13.2 Å². The van der Waals surface area contributed by atoms with Gasteiger partial charge in [0.2, 0.25) is 5.91 Å². The number of aryl methyl sites for hydroxylation is 1. The van der Waals surface area contributed by atoms with Crippen molar-refractivity contribution in [1.29, 1.82) is 0 Å². The SMILES string of the molecule is CC(=O)N[C@@H]1CN(S(=O)(=O)N(C)C)C[C@H]1c1ccc(C)o1. The maximum absolute atomic E-state index is 12.3. The van der Waals surface area contributed by atoms with Crippen molar-refractivity contribution in [2.45, 2.75) is 25.8 Å². The van der Waals surface area contributed by atoms with Crippen LogP contribution in [0.3, 0.4) is 0 Å². The quantitative estimate of drug-likeness (QED) is 0.866. The van der Waals surface area contributed by atoms with Gasteiger partial charge in [-0.2, -0.15) is 17.0 Å². The topological polar surface area (TPSA) is 82.9 Å². The molecule has 1 N–H and O–H groups in total. The molecule has 21 heavy (non-hydrogen) atoms. The van der Waals surface area contributed by atoms with E-state index in [2.05, 4.69) is 5.32 Å². The van der Waals surface area contributed by atoms with Crippen molar-refractivity contribution in [1.82, 2.24) is 13.9 Å². The zero-order valence-electron chi connectivity index (χ0n) is 12.7. The average molecular weight is 315 g/mol. The molecule has 118 valence electrons. The van der Waals surface area contributed by atoms with Gasteiger partial charge in [0, 0.05) is 34.1 Å². The second-order valence-electron chi connectivity index (χ2n) is 5.47. The lowest BCUT2D eigenvalue weighted by Gasteiger charge is -2.20. The summed E-state index contributed by atoms with van der Waals surface area (Å²) in [5.74, 6) is 1.10. The summed E-state index contributed by atoms with van der Waals surface area (Å²) in [6.07, 6.45) is 0. The van der Waals surface area contributed by atoms with Gasteiger partial charge in [0.1, 0.15) is 11.5 Å². The van der Waals surface area contributed by atoms with Crippen LogP contribution < -0.4 is 5.32 Å². The predicted molar refractivity (Wildman–Crippen MR) is 78.0 cm³/mol. The predicted octanol–water partition coefficient (Wildman–Crippen LogP) is 0.298. The minimum absolute atomic E-state index is 0.183. The minimum atomic E-state index is -3.51. The molecule has 0 saturated carbocycles. The lowest BCUT2D eigenvalue weighted by atomic mass is 10.0. The lowest BCUT2D eigenvalue weighted by molar-refractivity contribution is -0.119. The fourth-order valence-corrected chi connectivity index (χ4v) is 3.70. The van der Waals surface area contributed by atoms with Crippen molar-refractivity contribution in [3.05, 3.63) is 23.7 Å². The summed E-state index contributed by atoms with van der Waals surface area (Å²) in [6, 6.07) is 3.38. The second-order valence-corrected chi connectivity index (χ2v) is 7.61. The number of hydrogen-bond acceptors (Lipinski definition) is 4. The Morgan fingerprint density at radius 2 is 2.05 bits per heavy atom. The number of amides is 1. The van der Waals surface area contributed by atoms with E-state index in [0.717, 1.165) is 5.76 Å². The van der Waals surface area contributed by atoms with E-state index in [1.54, 1.807) is 0 Å². The van der Waals surface area contributed by atoms with Crippen LogP contribution in [0.25, 0.3) is 0 Å². The average Bonchev–Trinajstić information content (AvgIpc) is 2.94. The van der Waals surface area contributed by atoms with Crippen molar-refractivity contribution >= 4 is 16.1 Å². The smallest absolute Gasteiger partial charge is 0.281 e. The van der Waals surface area contributed by atoms with Gasteiger partial charge >= 0.3 is 0 Å². The molecule has 2 atom stereocenters. The number of nitrogens with one attached hydrogen (secondary N) is 1. The van der Waals surface area contributed by atoms with E-state index in [1.807, 2.05) is 19.1 Å². The van der Waals surface area contributed by atoms with Gasteiger partial charge in [0.25, 0.3) is 10.2 Å². The molecule has 1 aromatic rings. The van der Waals surface area contributed by atoms with Gasteiger partial charge in [-0.1, -0.05) is 0 Å². The fraction of sp³-hybridized carbons (Fsp3) is 0.615. The Labute approximate surface area is 125 Å². The van der Waals surface area contributed by atoms with E-state index < -0.39 is 10.2 Å². The molecule has 0 radical (unpaired) electrons. The van der Waals surface area contributed by atoms with Crippen LogP contribution in [0, 0.1) is 6.92 Å². The Morgan fingerprint density at radius 1 is 1.38 bits per heavy atom. The van der Waals surface area contributed by atoms with Crippen molar-refractivity contribution in [3.8, 4) is 0 Å². The van der Waals surface area contributed by atoms with Gasteiger partial charge < -0.3 is 9.73 Å². The van der Waals surface area contributed by atoms with Gasteiger partial charge in [-0.3, -0.25) is 4.79 Å².